The highest BCUT2D eigenvalue weighted by Crippen LogP contribution is 2.51. The second-order valence-electron chi connectivity index (χ2n) is 10.9. The van der Waals surface area contributed by atoms with Crippen molar-refractivity contribution in [3.8, 4) is 0 Å². The molecule has 3 aliphatic rings. The molecule has 0 aromatic heterocycles. The van der Waals surface area contributed by atoms with Crippen molar-refractivity contribution in [3.05, 3.63) is 29.8 Å². The van der Waals surface area contributed by atoms with E-state index in [1.807, 2.05) is 59.1 Å². The number of anilines is 1. The van der Waals surface area contributed by atoms with Crippen LogP contribution in [0.2, 0.25) is 0 Å². The number of hydrogen-bond donors (Lipinski definition) is 1. The van der Waals surface area contributed by atoms with E-state index in [4.69, 9.17) is 0 Å². The fourth-order valence-electron chi connectivity index (χ4n) is 5.71. The zero-order chi connectivity index (χ0) is 25.7. The van der Waals surface area contributed by atoms with Gasteiger partial charge in [0.05, 0.1) is 19.1 Å². The van der Waals surface area contributed by atoms with E-state index < -0.39 is 11.6 Å². The molecule has 0 radical (unpaired) electrons. The summed E-state index contributed by atoms with van der Waals surface area (Å²) in [4.78, 5) is 59.8. The first kappa shape index (κ1) is 25.2. The molecular weight excluding hydrogens is 446 g/mol. The standard InChI is InChI=1S/C26H37N5O4/c1-16(2)19-13-26(19,27-24(34)17-7-9-18(10-8-17)29(5)6)25(35)30-12-11-20-23(30)21(32)14-31(20)22(33)15-28(3)4/h7-10,16,19-20,23H,11-15H2,1-6H3,(H,27,34)/t19?,20-,23+,26+/m1/s1. The van der Waals surface area contributed by atoms with Crippen LogP contribution in [0.4, 0.5) is 5.69 Å². The molecule has 9 heteroatoms. The van der Waals surface area contributed by atoms with E-state index in [2.05, 4.69) is 5.32 Å². The number of amides is 3. The van der Waals surface area contributed by atoms with Crippen molar-refractivity contribution < 1.29 is 19.2 Å². The molecule has 35 heavy (non-hydrogen) atoms. The monoisotopic (exact) mass is 483 g/mol. The maximum atomic E-state index is 13.9. The number of rotatable bonds is 7. The Morgan fingerprint density at radius 3 is 2.29 bits per heavy atom. The Kier molecular flexibility index (Phi) is 6.66. The number of likely N-dealkylation sites (N-methyl/N-ethyl adjacent to an activating group) is 1. The summed E-state index contributed by atoms with van der Waals surface area (Å²) in [5.41, 5.74) is 0.464. The fraction of sp³-hybridized carbons (Fsp3) is 0.615. The quantitative estimate of drug-likeness (QED) is 0.618. The molecule has 1 aromatic rings. The van der Waals surface area contributed by atoms with Crippen molar-refractivity contribution in [1.29, 1.82) is 0 Å². The van der Waals surface area contributed by atoms with Crippen LogP contribution < -0.4 is 10.2 Å². The van der Waals surface area contributed by atoms with E-state index in [0.717, 1.165) is 5.69 Å². The molecule has 190 valence electrons. The van der Waals surface area contributed by atoms with Gasteiger partial charge >= 0.3 is 0 Å². The molecule has 2 saturated heterocycles. The minimum Gasteiger partial charge on any atom is -0.378 e. The lowest BCUT2D eigenvalue weighted by atomic mass is 10.0. The number of hydrogen-bond acceptors (Lipinski definition) is 6. The summed E-state index contributed by atoms with van der Waals surface area (Å²) in [6.45, 7) is 4.77. The normalized spacial score (nSPS) is 27.4. The minimum atomic E-state index is -1.01. The smallest absolute Gasteiger partial charge is 0.252 e. The Balaban J connectivity index is 1.53. The molecule has 3 fully saturated rings. The minimum absolute atomic E-state index is 0.00188. The van der Waals surface area contributed by atoms with Gasteiger partial charge < -0.3 is 24.9 Å². The van der Waals surface area contributed by atoms with Gasteiger partial charge in [0, 0.05) is 31.9 Å². The number of benzene rings is 1. The molecule has 1 aromatic carbocycles. The SMILES string of the molecule is CC(C)C1C[C@@]1(NC(=O)c1ccc(N(C)C)cc1)C(=O)N1CC[C@@H]2[C@H]1C(=O)CN2C(=O)CN(C)C. The Morgan fingerprint density at radius 2 is 1.74 bits per heavy atom. The predicted molar refractivity (Wildman–Crippen MR) is 133 cm³/mol. The van der Waals surface area contributed by atoms with Crippen LogP contribution in [-0.2, 0) is 14.4 Å². The molecule has 1 saturated carbocycles. The first-order chi connectivity index (χ1) is 16.5. The van der Waals surface area contributed by atoms with Gasteiger partial charge in [0.15, 0.2) is 5.78 Å². The Bertz CT molecular complexity index is 1020. The topological polar surface area (TPSA) is 93.3 Å². The summed E-state index contributed by atoms with van der Waals surface area (Å²) in [7, 11) is 7.50. The second kappa shape index (κ2) is 9.26. The maximum Gasteiger partial charge on any atom is 0.252 e. The van der Waals surface area contributed by atoms with Crippen LogP contribution in [0.5, 0.6) is 0 Å². The van der Waals surface area contributed by atoms with E-state index in [1.165, 1.54) is 0 Å². The lowest BCUT2D eigenvalue weighted by Crippen LogP contribution is -2.55. The first-order valence-corrected chi connectivity index (χ1v) is 12.3. The van der Waals surface area contributed by atoms with Gasteiger partial charge in [-0.05, 0) is 63.0 Å². The number of fused-ring (bicyclic) bond motifs is 1. The highest BCUT2D eigenvalue weighted by Gasteiger charge is 2.65. The summed E-state index contributed by atoms with van der Waals surface area (Å²) in [6.07, 6.45) is 1.13. The number of ketones is 1. The third-order valence-electron chi connectivity index (χ3n) is 7.64. The Morgan fingerprint density at radius 1 is 1.09 bits per heavy atom. The number of Topliss-reactive ketones (excluding diaryl/α,β-unsaturated/α-hetero) is 1. The van der Waals surface area contributed by atoms with Gasteiger partial charge in [-0.1, -0.05) is 13.8 Å². The average Bonchev–Trinajstić information content (AvgIpc) is 3.20. The van der Waals surface area contributed by atoms with Crippen LogP contribution >= 0.6 is 0 Å². The Labute approximate surface area is 207 Å². The predicted octanol–water partition coefficient (Wildman–Crippen LogP) is 0.840. The van der Waals surface area contributed by atoms with E-state index in [9.17, 15) is 19.2 Å². The van der Waals surface area contributed by atoms with Crippen molar-refractivity contribution in [3.63, 3.8) is 0 Å². The van der Waals surface area contributed by atoms with Gasteiger partial charge in [-0.25, -0.2) is 0 Å². The molecule has 0 spiro atoms. The van der Waals surface area contributed by atoms with Gasteiger partial charge in [0.2, 0.25) is 11.8 Å². The summed E-state index contributed by atoms with van der Waals surface area (Å²) in [5, 5.41) is 3.05. The highest BCUT2D eigenvalue weighted by molar-refractivity contribution is 6.04. The van der Waals surface area contributed by atoms with E-state index in [-0.39, 0.29) is 54.5 Å². The molecule has 0 bridgehead atoms. The lowest BCUT2D eigenvalue weighted by Gasteiger charge is -2.30. The Hall–Kier alpha value is -2.94. The van der Waals surface area contributed by atoms with Gasteiger partial charge in [0.25, 0.3) is 5.91 Å². The molecule has 2 heterocycles. The highest BCUT2D eigenvalue weighted by atomic mass is 16.2. The maximum absolute atomic E-state index is 13.9. The van der Waals surface area contributed by atoms with Crippen molar-refractivity contribution in [2.75, 3.05) is 52.7 Å². The summed E-state index contributed by atoms with van der Waals surface area (Å²) in [5.74, 6) is -0.482. The van der Waals surface area contributed by atoms with Crippen molar-refractivity contribution in [1.82, 2.24) is 20.0 Å². The van der Waals surface area contributed by atoms with Crippen LogP contribution in [-0.4, -0.2) is 104 Å². The van der Waals surface area contributed by atoms with Gasteiger partial charge in [-0.3, -0.25) is 19.2 Å². The third-order valence-corrected chi connectivity index (χ3v) is 7.64. The molecule has 1 N–H and O–H groups in total. The first-order valence-electron chi connectivity index (χ1n) is 12.3. The van der Waals surface area contributed by atoms with Crippen LogP contribution in [0.25, 0.3) is 0 Å². The number of nitrogens with zero attached hydrogens (tertiary/aromatic N) is 4. The fourth-order valence-corrected chi connectivity index (χ4v) is 5.71. The molecule has 2 aliphatic heterocycles. The summed E-state index contributed by atoms with van der Waals surface area (Å²) >= 11 is 0. The number of nitrogens with one attached hydrogen (secondary N) is 1. The molecule has 1 unspecified atom stereocenters. The second-order valence-corrected chi connectivity index (χ2v) is 10.9. The molecule has 4 rings (SSSR count). The van der Waals surface area contributed by atoms with E-state index in [1.54, 1.807) is 26.8 Å². The van der Waals surface area contributed by atoms with Gasteiger partial charge in [-0.2, -0.15) is 0 Å². The van der Waals surface area contributed by atoms with E-state index >= 15 is 0 Å². The van der Waals surface area contributed by atoms with Crippen LogP contribution in [0, 0.1) is 11.8 Å². The van der Waals surface area contributed by atoms with Crippen molar-refractivity contribution in [2.24, 2.45) is 11.8 Å². The molecule has 4 atom stereocenters. The third kappa shape index (κ3) is 4.53. The van der Waals surface area contributed by atoms with Crippen LogP contribution in [0.1, 0.15) is 37.0 Å². The zero-order valence-electron chi connectivity index (χ0n) is 21.6. The zero-order valence-corrected chi connectivity index (χ0v) is 21.6. The number of likely N-dealkylation sites (tertiary alicyclic amines) is 2. The van der Waals surface area contributed by atoms with Crippen molar-refractivity contribution in [2.45, 2.75) is 44.3 Å². The lowest BCUT2D eigenvalue weighted by molar-refractivity contribution is -0.139. The average molecular weight is 484 g/mol. The number of carbonyl (C=O) groups is 4. The van der Waals surface area contributed by atoms with Gasteiger partial charge in [-0.15, -0.1) is 0 Å². The van der Waals surface area contributed by atoms with E-state index in [0.29, 0.717) is 24.9 Å². The molecule has 3 amide bonds. The van der Waals surface area contributed by atoms with Crippen LogP contribution in [0.15, 0.2) is 24.3 Å². The summed E-state index contributed by atoms with van der Waals surface area (Å²) < 4.78 is 0. The summed E-state index contributed by atoms with van der Waals surface area (Å²) in [6, 6.07) is 6.35. The molecule has 9 nitrogen and oxygen atoms in total. The van der Waals surface area contributed by atoms with Crippen LogP contribution in [0.3, 0.4) is 0 Å². The van der Waals surface area contributed by atoms with Crippen molar-refractivity contribution >= 4 is 29.2 Å². The molecule has 1 aliphatic carbocycles. The molecular formula is C26H37N5O4. The largest absolute Gasteiger partial charge is 0.378 e. The number of carbonyl (C=O) groups excluding carboxylic acids is 4. The van der Waals surface area contributed by atoms with Gasteiger partial charge in [0.1, 0.15) is 11.6 Å².